The van der Waals surface area contributed by atoms with Crippen LogP contribution in [0.2, 0.25) is 0 Å². The summed E-state index contributed by atoms with van der Waals surface area (Å²) in [5, 5.41) is 10.8. The molecule has 98 valence electrons. The third kappa shape index (κ3) is 2.59. The number of nitro groups is 1. The van der Waals surface area contributed by atoms with E-state index < -0.39 is 0 Å². The summed E-state index contributed by atoms with van der Waals surface area (Å²) in [6, 6.07) is 5.74. The second kappa shape index (κ2) is 5.40. The first-order valence-corrected chi connectivity index (χ1v) is 7.01. The number of nitrogens with zero attached hydrogens (tertiary/aromatic N) is 2. The Hall–Kier alpha value is -0.890. The molecule has 1 fully saturated rings. The Bertz CT molecular complexity index is 467. The fourth-order valence-corrected chi connectivity index (χ4v) is 3.19. The molecule has 1 aromatic carbocycles. The van der Waals surface area contributed by atoms with E-state index in [1.165, 1.54) is 0 Å². The van der Waals surface area contributed by atoms with Gasteiger partial charge in [0.15, 0.2) is 0 Å². The van der Waals surface area contributed by atoms with Gasteiger partial charge in [0, 0.05) is 24.3 Å². The molecule has 1 aliphatic rings. The molecule has 1 saturated heterocycles. The van der Waals surface area contributed by atoms with Crippen molar-refractivity contribution >= 4 is 34.0 Å². The van der Waals surface area contributed by atoms with E-state index in [1.807, 2.05) is 34.7 Å². The quantitative estimate of drug-likeness (QED) is 0.510. The summed E-state index contributed by atoms with van der Waals surface area (Å²) >= 11 is 2.02. The Morgan fingerprint density at radius 2 is 2.33 bits per heavy atom. The fourth-order valence-electron chi connectivity index (χ4n) is 2.50. The summed E-state index contributed by atoms with van der Waals surface area (Å²) in [7, 11) is 0. The van der Waals surface area contributed by atoms with Crippen LogP contribution in [0.1, 0.15) is 13.3 Å². The Morgan fingerprint density at radius 3 is 2.83 bits per heavy atom. The van der Waals surface area contributed by atoms with Crippen LogP contribution in [-0.2, 0) is 0 Å². The van der Waals surface area contributed by atoms with Crippen LogP contribution in [0, 0.1) is 19.6 Å². The number of benzene rings is 1. The molecule has 2 atom stereocenters. The van der Waals surface area contributed by atoms with Crippen molar-refractivity contribution in [1.82, 2.24) is 0 Å². The Balaban J connectivity index is 2.24. The fraction of sp³-hybridized carbons (Fsp3) is 0.500. The molecule has 1 aliphatic heterocycles. The van der Waals surface area contributed by atoms with Gasteiger partial charge in [0.2, 0.25) is 0 Å². The Morgan fingerprint density at radius 1 is 1.61 bits per heavy atom. The average Bonchev–Trinajstić information content (AvgIpc) is 2.70. The number of hydrogen-bond acceptors (Lipinski definition) is 4. The van der Waals surface area contributed by atoms with Crippen molar-refractivity contribution in [3.05, 3.63) is 31.9 Å². The predicted octanol–water partition coefficient (Wildman–Crippen LogP) is 2.37. The van der Waals surface area contributed by atoms with Crippen LogP contribution in [-0.4, -0.2) is 24.1 Å². The minimum atomic E-state index is -0.346. The van der Waals surface area contributed by atoms with E-state index in [9.17, 15) is 10.1 Å². The smallest absolute Gasteiger partial charge is 0.282 e. The van der Waals surface area contributed by atoms with Crippen molar-refractivity contribution in [2.75, 3.05) is 18.0 Å². The monoisotopic (exact) mass is 361 g/mol. The molecule has 2 unspecified atom stereocenters. The van der Waals surface area contributed by atoms with Crippen LogP contribution in [0.15, 0.2) is 18.2 Å². The van der Waals surface area contributed by atoms with E-state index in [1.54, 1.807) is 6.07 Å². The number of rotatable bonds is 3. The minimum Gasteiger partial charge on any atom is -0.368 e. The highest BCUT2D eigenvalue weighted by Gasteiger charge is 2.28. The van der Waals surface area contributed by atoms with Crippen LogP contribution in [0.5, 0.6) is 0 Å². The standard InChI is InChI=1S/C12H16IN3O2/c1-8-4-9(6-14)7-15(8)10-2-3-12(16(17)18)11(13)5-10/h2-3,5,8-9H,4,6-7,14H2,1H3. The number of anilines is 1. The van der Waals surface area contributed by atoms with Gasteiger partial charge < -0.3 is 10.6 Å². The molecule has 2 N–H and O–H groups in total. The zero-order chi connectivity index (χ0) is 13.3. The molecule has 5 nitrogen and oxygen atoms in total. The molecule has 0 amide bonds. The molecule has 1 aromatic rings. The molecule has 0 bridgehead atoms. The number of halogens is 1. The molecular formula is C12H16IN3O2. The van der Waals surface area contributed by atoms with Crippen molar-refractivity contribution < 1.29 is 4.92 Å². The molecule has 0 aliphatic carbocycles. The normalized spacial score (nSPS) is 23.4. The third-order valence-corrected chi connectivity index (χ3v) is 4.32. The van der Waals surface area contributed by atoms with Gasteiger partial charge in [-0.2, -0.15) is 0 Å². The molecule has 2 rings (SSSR count). The van der Waals surface area contributed by atoms with Gasteiger partial charge in [0.1, 0.15) is 0 Å². The summed E-state index contributed by atoms with van der Waals surface area (Å²) in [5.74, 6) is 0.521. The highest BCUT2D eigenvalue weighted by molar-refractivity contribution is 14.1. The molecular weight excluding hydrogens is 345 g/mol. The lowest BCUT2D eigenvalue weighted by atomic mass is 10.1. The van der Waals surface area contributed by atoms with E-state index in [0.717, 1.165) is 18.7 Å². The van der Waals surface area contributed by atoms with Gasteiger partial charge in [-0.3, -0.25) is 10.1 Å². The maximum absolute atomic E-state index is 10.8. The predicted molar refractivity (Wildman–Crippen MR) is 79.8 cm³/mol. The van der Waals surface area contributed by atoms with Gasteiger partial charge in [0.25, 0.3) is 5.69 Å². The first kappa shape index (κ1) is 13.5. The summed E-state index contributed by atoms with van der Waals surface area (Å²) in [5.41, 5.74) is 6.93. The van der Waals surface area contributed by atoms with Gasteiger partial charge in [-0.1, -0.05) is 0 Å². The lowest BCUT2D eigenvalue weighted by molar-refractivity contribution is -0.385. The van der Waals surface area contributed by atoms with Crippen LogP contribution in [0.3, 0.4) is 0 Å². The summed E-state index contributed by atoms with van der Waals surface area (Å²) in [6.07, 6.45) is 1.09. The number of hydrogen-bond donors (Lipinski definition) is 1. The van der Waals surface area contributed by atoms with E-state index in [-0.39, 0.29) is 10.6 Å². The van der Waals surface area contributed by atoms with Crippen molar-refractivity contribution in [1.29, 1.82) is 0 Å². The Kier molecular flexibility index (Phi) is 4.06. The van der Waals surface area contributed by atoms with Gasteiger partial charge in [-0.25, -0.2) is 0 Å². The highest BCUT2D eigenvalue weighted by Crippen LogP contribution is 2.32. The van der Waals surface area contributed by atoms with E-state index in [2.05, 4.69) is 11.8 Å². The van der Waals surface area contributed by atoms with Crippen LogP contribution in [0.4, 0.5) is 11.4 Å². The summed E-state index contributed by atoms with van der Waals surface area (Å²) < 4.78 is 0.679. The second-order valence-electron chi connectivity index (χ2n) is 4.73. The Labute approximate surface area is 120 Å². The van der Waals surface area contributed by atoms with Crippen LogP contribution < -0.4 is 10.6 Å². The van der Waals surface area contributed by atoms with Gasteiger partial charge in [-0.15, -0.1) is 0 Å². The molecule has 0 aromatic heterocycles. The number of nitrogens with two attached hydrogens (primary N) is 1. The number of nitro benzene ring substituents is 1. The lowest BCUT2D eigenvalue weighted by Gasteiger charge is -2.24. The zero-order valence-electron chi connectivity index (χ0n) is 10.2. The molecule has 0 radical (unpaired) electrons. The van der Waals surface area contributed by atoms with Crippen molar-refractivity contribution in [3.63, 3.8) is 0 Å². The molecule has 1 heterocycles. The second-order valence-corrected chi connectivity index (χ2v) is 5.89. The van der Waals surface area contributed by atoms with Gasteiger partial charge >= 0.3 is 0 Å². The van der Waals surface area contributed by atoms with Crippen molar-refractivity contribution in [3.8, 4) is 0 Å². The van der Waals surface area contributed by atoms with Gasteiger partial charge in [-0.05, 0) is 60.5 Å². The van der Waals surface area contributed by atoms with E-state index in [4.69, 9.17) is 5.73 Å². The maximum atomic E-state index is 10.8. The van der Waals surface area contributed by atoms with E-state index in [0.29, 0.717) is 22.1 Å². The maximum Gasteiger partial charge on any atom is 0.282 e. The summed E-state index contributed by atoms with van der Waals surface area (Å²) in [6.45, 7) is 3.81. The van der Waals surface area contributed by atoms with E-state index >= 15 is 0 Å². The zero-order valence-corrected chi connectivity index (χ0v) is 12.3. The molecule has 0 spiro atoms. The van der Waals surface area contributed by atoms with Crippen LogP contribution in [0.25, 0.3) is 0 Å². The minimum absolute atomic E-state index is 0.168. The largest absolute Gasteiger partial charge is 0.368 e. The average molecular weight is 361 g/mol. The lowest BCUT2D eigenvalue weighted by Crippen LogP contribution is -2.27. The summed E-state index contributed by atoms with van der Waals surface area (Å²) in [4.78, 5) is 12.7. The van der Waals surface area contributed by atoms with Crippen LogP contribution >= 0.6 is 22.6 Å². The third-order valence-electron chi connectivity index (χ3n) is 3.45. The highest BCUT2D eigenvalue weighted by atomic mass is 127. The van der Waals surface area contributed by atoms with Crippen molar-refractivity contribution in [2.24, 2.45) is 11.7 Å². The first-order chi connectivity index (χ1) is 8.52. The van der Waals surface area contributed by atoms with Gasteiger partial charge in [0.05, 0.1) is 8.49 Å². The topological polar surface area (TPSA) is 72.4 Å². The van der Waals surface area contributed by atoms with Crippen molar-refractivity contribution in [2.45, 2.75) is 19.4 Å². The first-order valence-electron chi connectivity index (χ1n) is 5.93. The SMILES string of the molecule is CC1CC(CN)CN1c1ccc([N+](=O)[O-])c(I)c1. The molecule has 18 heavy (non-hydrogen) atoms. The molecule has 6 heteroatoms. The molecule has 0 saturated carbocycles.